The molecule has 248 valence electrons. The topological polar surface area (TPSA) is 163 Å². The Kier molecular flexibility index (Phi) is 10.5. The number of rotatable bonds is 6. The van der Waals surface area contributed by atoms with E-state index < -0.39 is 57.3 Å². The summed E-state index contributed by atoms with van der Waals surface area (Å²) < 4.78 is 35.8. The molecule has 4 amide bonds. The molecule has 1 aliphatic carbocycles. The zero-order valence-electron chi connectivity index (χ0n) is 26.9. The van der Waals surface area contributed by atoms with Crippen LogP contribution in [0.15, 0.2) is 36.4 Å². The fourth-order valence-electron chi connectivity index (χ4n) is 5.87. The lowest BCUT2D eigenvalue weighted by Gasteiger charge is -2.30. The second-order valence-corrected chi connectivity index (χ2v) is 15.0. The van der Waals surface area contributed by atoms with Crippen molar-refractivity contribution in [3.63, 3.8) is 0 Å². The number of carbonyl (C=O) groups excluding carboxylic acids is 4. The molecule has 4 atom stereocenters. The van der Waals surface area contributed by atoms with Gasteiger partial charge in [-0.05, 0) is 82.9 Å². The van der Waals surface area contributed by atoms with Crippen LogP contribution in [0.2, 0.25) is 0 Å². The van der Waals surface area contributed by atoms with Crippen LogP contribution in [-0.4, -0.2) is 66.9 Å². The summed E-state index contributed by atoms with van der Waals surface area (Å²) in [5, 5.41) is 5.53. The third-order valence-electron chi connectivity index (χ3n) is 8.38. The van der Waals surface area contributed by atoms with Crippen LogP contribution in [0, 0.1) is 5.92 Å². The zero-order chi connectivity index (χ0) is 33.0. The molecular formula is C32H47N5O7S. The number of anilines is 1. The van der Waals surface area contributed by atoms with Gasteiger partial charge in [-0.2, -0.15) is 8.42 Å². The average molecular weight is 646 g/mol. The van der Waals surface area contributed by atoms with Crippen LogP contribution in [0.3, 0.4) is 0 Å². The number of fused-ring (bicyclic) bond motifs is 2. The minimum Gasteiger partial charge on any atom is -0.444 e. The Morgan fingerprint density at radius 3 is 2.42 bits per heavy atom. The maximum absolute atomic E-state index is 13.7. The first-order chi connectivity index (χ1) is 21.1. The standard InChI is InChI=1S/C32H47N5O7S/c1-21(2)22-15-17-24(18-16-22)35-45(42,43)36-29(40)32-20-23(32)12-9-7-6-8-10-13-25(33-30(41)44-31(3,4)5)28(39)37-19-11-14-26(37)27(38)34-32/h9,12,15-18,21,23,25-26,35H,6-8,10-11,13-14,19-20H2,1-5H3,(H,33,41)(H,34,38)(H,36,40)/b12-9-/t23-,25+,26+,32-/m1/s1. The van der Waals surface area contributed by atoms with Crippen LogP contribution in [0.5, 0.6) is 0 Å². The van der Waals surface area contributed by atoms with Crippen molar-refractivity contribution >= 4 is 39.7 Å². The lowest BCUT2D eigenvalue weighted by molar-refractivity contribution is -0.141. The number of allylic oxidation sites excluding steroid dienone is 1. The molecule has 4 N–H and O–H groups in total. The summed E-state index contributed by atoms with van der Waals surface area (Å²) in [6, 6.07) is 5.14. The molecular weight excluding hydrogens is 598 g/mol. The van der Waals surface area contributed by atoms with Crippen LogP contribution in [0.4, 0.5) is 10.5 Å². The van der Waals surface area contributed by atoms with Gasteiger partial charge in [-0.1, -0.05) is 51.0 Å². The summed E-state index contributed by atoms with van der Waals surface area (Å²) in [6.07, 6.45) is 7.69. The summed E-state index contributed by atoms with van der Waals surface area (Å²) in [5.74, 6) is -1.89. The Balaban J connectivity index is 1.52. The van der Waals surface area contributed by atoms with Gasteiger partial charge >= 0.3 is 16.3 Å². The number of benzene rings is 1. The zero-order valence-corrected chi connectivity index (χ0v) is 27.7. The van der Waals surface area contributed by atoms with Crippen LogP contribution >= 0.6 is 0 Å². The van der Waals surface area contributed by atoms with Gasteiger partial charge in [-0.3, -0.25) is 19.1 Å². The maximum atomic E-state index is 13.7. The lowest BCUT2D eigenvalue weighted by Crippen LogP contribution is -2.58. The fraction of sp³-hybridized carbons (Fsp3) is 0.625. The number of hydrogen-bond donors (Lipinski definition) is 4. The minimum atomic E-state index is -4.31. The first-order valence-corrected chi connectivity index (χ1v) is 17.3. The molecule has 1 aromatic rings. The second kappa shape index (κ2) is 13.8. The molecule has 45 heavy (non-hydrogen) atoms. The summed E-state index contributed by atoms with van der Waals surface area (Å²) >= 11 is 0. The predicted octanol–water partition coefficient (Wildman–Crippen LogP) is 3.86. The molecule has 2 aliphatic heterocycles. The second-order valence-electron chi connectivity index (χ2n) is 13.5. The normalized spacial score (nSPS) is 26.8. The summed E-state index contributed by atoms with van der Waals surface area (Å²) in [6.45, 7) is 9.59. The molecule has 13 heteroatoms. The molecule has 0 bridgehead atoms. The number of nitrogens with one attached hydrogen (secondary N) is 4. The van der Waals surface area contributed by atoms with Gasteiger partial charge in [0.15, 0.2) is 0 Å². The monoisotopic (exact) mass is 645 g/mol. The van der Waals surface area contributed by atoms with Crippen molar-refractivity contribution in [2.24, 2.45) is 5.92 Å². The van der Waals surface area contributed by atoms with Crippen molar-refractivity contribution in [2.75, 3.05) is 11.3 Å². The molecule has 1 saturated carbocycles. The van der Waals surface area contributed by atoms with E-state index in [0.29, 0.717) is 44.3 Å². The van der Waals surface area contributed by atoms with Gasteiger partial charge < -0.3 is 20.3 Å². The largest absolute Gasteiger partial charge is 0.444 e. The van der Waals surface area contributed by atoms with Crippen molar-refractivity contribution < 1.29 is 32.3 Å². The third-order valence-corrected chi connectivity index (χ3v) is 9.34. The molecule has 2 fully saturated rings. The molecule has 12 nitrogen and oxygen atoms in total. The molecule has 1 saturated heterocycles. The molecule has 3 aliphatic rings. The third kappa shape index (κ3) is 8.99. The molecule has 0 radical (unpaired) electrons. The quantitative estimate of drug-likeness (QED) is 0.342. The highest BCUT2D eigenvalue weighted by atomic mass is 32.2. The van der Waals surface area contributed by atoms with Crippen LogP contribution in [0.1, 0.15) is 97.5 Å². The Morgan fingerprint density at radius 2 is 1.76 bits per heavy atom. The van der Waals surface area contributed by atoms with E-state index >= 15 is 0 Å². The Morgan fingerprint density at radius 1 is 1.04 bits per heavy atom. The number of ether oxygens (including phenoxy) is 1. The van der Waals surface area contributed by atoms with E-state index in [1.54, 1.807) is 32.9 Å². The van der Waals surface area contributed by atoms with Gasteiger partial charge in [-0.25, -0.2) is 9.52 Å². The van der Waals surface area contributed by atoms with Gasteiger partial charge in [-0.15, -0.1) is 0 Å². The summed E-state index contributed by atoms with van der Waals surface area (Å²) in [5.41, 5.74) is -0.884. The van der Waals surface area contributed by atoms with Crippen molar-refractivity contribution in [3.05, 3.63) is 42.0 Å². The minimum absolute atomic E-state index is 0.225. The first kappa shape index (κ1) is 34.3. The highest BCUT2D eigenvalue weighted by Gasteiger charge is 2.61. The molecule has 0 unspecified atom stereocenters. The maximum Gasteiger partial charge on any atom is 0.408 e. The molecule has 1 aromatic carbocycles. The highest BCUT2D eigenvalue weighted by Crippen LogP contribution is 2.45. The Labute approximate surface area is 266 Å². The van der Waals surface area contributed by atoms with Crippen molar-refractivity contribution in [1.29, 1.82) is 0 Å². The van der Waals surface area contributed by atoms with E-state index in [4.69, 9.17) is 4.74 Å². The Bertz CT molecular complexity index is 1400. The smallest absolute Gasteiger partial charge is 0.408 e. The van der Waals surface area contributed by atoms with Gasteiger partial charge in [0.25, 0.3) is 5.91 Å². The van der Waals surface area contributed by atoms with Crippen molar-refractivity contribution in [1.82, 2.24) is 20.3 Å². The lowest BCUT2D eigenvalue weighted by atomic mass is 10.0. The number of hydrogen-bond acceptors (Lipinski definition) is 7. The van der Waals surface area contributed by atoms with E-state index in [1.165, 1.54) is 4.90 Å². The number of alkyl carbamates (subject to hydrolysis) is 1. The summed E-state index contributed by atoms with van der Waals surface area (Å²) in [7, 11) is -4.31. The fourth-order valence-corrected chi connectivity index (χ4v) is 6.80. The van der Waals surface area contributed by atoms with Crippen molar-refractivity contribution in [2.45, 2.75) is 115 Å². The van der Waals surface area contributed by atoms with Crippen LogP contribution in [0.25, 0.3) is 0 Å². The summed E-state index contributed by atoms with van der Waals surface area (Å²) in [4.78, 5) is 55.1. The highest BCUT2D eigenvalue weighted by molar-refractivity contribution is 7.91. The first-order valence-electron chi connectivity index (χ1n) is 15.8. The van der Waals surface area contributed by atoms with E-state index in [2.05, 4.69) is 20.1 Å². The van der Waals surface area contributed by atoms with E-state index in [9.17, 15) is 27.6 Å². The van der Waals surface area contributed by atoms with Crippen LogP contribution < -0.4 is 20.1 Å². The number of amides is 4. The van der Waals surface area contributed by atoms with E-state index in [-0.39, 0.29) is 18.2 Å². The average Bonchev–Trinajstić information content (AvgIpc) is 3.39. The molecule has 0 aromatic heterocycles. The molecule has 4 rings (SSSR count). The van der Waals surface area contributed by atoms with Gasteiger partial charge in [0.2, 0.25) is 11.8 Å². The number of carbonyl (C=O) groups is 4. The Hall–Kier alpha value is -3.61. The molecule has 2 heterocycles. The molecule has 0 spiro atoms. The van der Waals surface area contributed by atoms with Gasteiger partial charge in [0.05, 0.1) is 5.69 Å². The van der Waals surface area contributed by atoms with E-state index in [0.717, 1.165) is 18.4 Å². The van der Waals surface area contributed by atoms with Gasteiger partial charge in [0.1, 0.15) is 23.2 Å². The predicted molar refractivity (Wildman–Crippen MR) is 170 cm³/mol. The number of nitrogens with zero attached hydrogens (tertiary/aromatic N) is 1. The van der Waals surface area contributed by atoms with Gasteiger partial charge in [0, 0.05) is 12.5 Å². The van der Waals surface area contributed by atoms with E-state index in [1.807, 2.05) is 38.1 Å². The SMILES string of the molecule is CC(C)c1ccc(NS(=O)(=O)NC(=O)[C@@]23C[C@H]2/C=C\CCCCC[C@H](NC(=O)OC(C)(C)C)C(=O)N2CCC[C@H]2C(=O)N3)cc1. The van der Waals surface area contributed by atoms with Crippen molar-refractivity contribution in [3.8, 4) is 0 Å². The van der Waals surface area contributed by atoms with Crippen LogP contribution in [-0.2, 0) is 29.3 Å².